The van der Waals surface area contributed by atoms with Crippen molar-refractivity contribution in [3.8, 4) is 0 Å². The van der Waals surface area contributed by atoms with Crippen molar-refractivity contribution in [3.63, 3.8) is 0 Å². The fourth-order valence-electron chi connectivity index (χ4n) is 2.25. The highest BCUT2D eigenvalue weighted by Crippen LogP contribution is 2.26. The van der Waals surface area contributed by atoms with Crippen LogP contribution in [0.1, 0.15) is 16.5 Å². The van der Waals surface area contributed by atoms with E-state index in [9.17, 15) is 4.79 Å². The second kappa shape index (κ2) is 7.31. The lowest BCUT2D eigenvalue weighted by Crippen LogP contribution is -2.32. The number of benzene rings is 2. The Morgan fingerprint density at radius 2 is 1.70 bits per heavy atom. The maximum absolute atomic E-state index is 12.3. The smallest absolute Gasteiger partial charge is 0.320 e. The maximum Gasteiger partial charge on any atom is 0.320 e. The third kappa shape index (κ3) is 4.12. The van der Waals surface area contributed by atoms with Crippen LogP contribution < -0.4 is 10.6 Å². The summed E-state index contributed by atoms with van der Waals surface area (Å²) < 4.78 is 0. The monoisotopic (exact) mass is 342 g/mol. The van der Waals surface area contributed by atoms with Gasteiger partial charge in [-0.15, -0.1) is 11.3 Å². The number of carbonyl (C=O) groups excluding carboxylic acids is 1. The number of rotatable bonds is 4. The molecule has 5 heteroatoms. The normalized spacial score (nSPS) is 11.7. The highest BCUT2D eigenvalue weighted by atomic mass is 35.5. The quantitative estimate of drug-likeness (QED) is 0.662. The summed E-state index contributed by atoms with van der Waals surface area (Å²) in [6.07, 6.45) is 0. The summed E-state index contributed by atoms with van der Waals surface area (Å²) in [7, 11) is 0. The van der Waals surface area contributed by atoms with Crippen molar-refractivity contribution >= 4 is 34.7 Å². The molecule has 23 heavy (non-hydrogen) atoms. The first kappa shape index (κ1) is 15.6. The highest BCUT2D eigenvalue weighted by Gasteiger charge is 2.17. The SMILES string of the molecule is O=C(Nc1ccc(Cl)cc1)N[C@@H](c1ccccc1)c1cccs1. The zero-order chi connectivity index (χ0) is 16.1. The van der Waals surface area contributed by atoms with Crippen molar-refractivity contribution in [2.45, 2.75) is 6.04 Å². The summed E-state index contributed by atoms with van der Waals surface area (Å²) in [5.41, 5.74) is 1.74. The van der Waals surface area contributed by atoms with E-state index in [-0.39, 0.29) is 12.1 Å². The lowest BCUT2D eigenvalue weighted by atomic mass is 10.1. The highest BCUT2D eigenvalue weighted by molar-refractivity contribution is 7.10. The van der Waals surface area contributed by atoms with Gasteiger partial charge in [-0.25, -0.2) is 4.79 Å². The van der Waals surface area contributed by atoms with Crippen molar-refractivity contribution in [2.75, 3.05) is 5.32 Å². The first-order valence-electron chi connectivity index (χ1n) is 7.14. The Morgan fingerprint density at radius 1 is 0.957 bits per heavy atom. The number of anilines is 1. The van der Waals surface area contributed by atoms with Crippen LogP contribution >= 0.6 is 22.9 Å². The van der Waals surface area contributed by atoms with Crippen molar-refractivity contribution in [2.24, 2.45) is 0 Å². The zero-order valence-corrected chi connectivity index (χ0v) is 13.8. The van der Waals surface area contributed by atoms with Crippen molar-refractivity contribution < 1.29 is 4.79 Å². The van der Waals surface area contributed by atoms with Gasteiger partial charge in [0.25, 0.3) is 0 Å². The second-order valence-corrected chi connectivity index (χ2v) is 6.38. The van der Waals surface area contributed by atoms with E-state index in [1.165, 1.54) is 0 Å². The number of amides is 2. The molecule has 1 heterocycles. The third-order valence-electron chi connectivity index (χ3n) is 3.34. The van der Waals surface area contributed by atoms with E-state index in [2.05, 4.69) is 10.6 Å². The Kier molecular flexibility index (Phi) is 4.95. The number of nitrogens with one attached hydrogen (secondary N) is 2. The van der Waals surface area contributed by atoms with Crippen LogP contribution in [0, 0.1) is 0 Å². The van der Waals surface area contributed by atoms with Crippen molar-refractivity contribution in [1.29, 1.82) is 0 Å². The molecule has 3 rings (SSSR count). The molecule has 0 saturated carbocycles. The molecule has 2 N–H and O–H groups in total. The van der Waals surface area contributed by atoms with Gasteiger partial charge in [-0.2, -0.15) is 0 Å². The molecule has 3 aromatic rings. The lowest BCUT2D eigenvalue weighted by molar-refractivity contribution is 0.250. The standard InChI is InChI=1S/C18H15ClN2OS/c19-14-8-10-15(11-9-14)20-18(22)21-17(16-7-4-12-23-16)13-5-2-1-3-6-13/h1-12,17H,(H2,20,21,22)/t17-/m0/s1. The van der Waals surface area contributed by atoms with Crippen molar-refractivity contribution in [1.82, 2.24) is 5.32 Å². The summed E-state index contributed by atoms with van der Waals surface area (Å²) in [5, 5.41) is 8.49. The largest absolute Gasteiger partial charge is 0.326 e. The molecule has 0 aliphatic heterocycles. The minimum atomic E-state index is -0.255. The number of urea groups is 1. The minimum Gasteiger partial charge on any atom is -0.326 e. The van der Waals surface area contributed by atoms with Gasteiger partial charge in [0.1, 0.15) is 0 Å². The van der Waals surface area contributed by atoms with Crippen LogP contribution in [0.3, 0.4) is 0 Å². The molecule has 0 bridgehead atoms. The van der Waals surface area contributed by atoms with E-state index in [0.29, 0.717) is 10.7 Å². The number of halogens is 1. The molecule has 0 radical (unpaired) electrons. The van der Waals surface area contributed by atoms with Crippen LogP contribution in [0.5, 0.6) is 0 Å². The molecule has 0 spiro atoms. The average Bonchev–Trinajstić information content (AvgIpc) is 3.10. The maximum atomic E-state index is 12.3. The molecule has 2 aromatic carbocycles. The van der Waals surface area contributed by atoms with Crippen LogP contribution in [0.25, 0.3) is 0 Å². The van der Waals surface area contributed by atoms with E-state index in [4.69, 9.17) is 11.6 Å². The van der Waals surface area contributed by atoms with Crippen LogP contribution in [-0.2, 0) is 0 Å². The molecule has 3 nitrogen and oxygen atoms in total. The average molecular weight is 343 g/mol. The number of hydrogen-bond acceptors (Lipinski definition) is 2. The second-order valence-electron chi connectivity index (χ2n) is 4.96. The third-order valence-corrected chi connectivity index (χ3v) is 4.53. The van der Waals surface area contributed by atoms with Gasteiger partial charge in [-0.05, 0) is 41.3 Å². The predicted octanol–water partition coefficient (Wildman–Crippen LogP) is 5.31. The lowest BCUT2D eigenvalue weighted by Gasteiger charge is -2.18. The van der Waals surface area contributed by atoms with Crippen LogP contribution in [-0.4, -0.2) is 6.03 Å². The van der Waals surface area contributed by atoms with E-state index in [1.54, 1.807) is 35.6 Å². The van der Waals surface area contributed by atoms with Gasteiger partial charge in [0, 0.05) is 15.6 Å². The summed E-state index contributed by atoms with van der Waals surface area (Å²) in [6.45, 7) is 0. The van der Waals surface area contributed by atoms with Gasteiger partial charge in [-0.1, -0.05) is 48.0 Å². The molecule has 2 amide bonds. The van der Waals surface area contributed by atoms with Crippen molar-refractivity contribution in [3.05, 3.63) is 87.6 Å². The fraction of sp³-hybridized carbons (Fsp3) is 0.0556. The van der Waals surface area contributed by atoms with Gasteiger partial charge in [0.15, 0.2) is 0 Å². The Balaban J connectivity index is 1.76. The molecule has 1 atom stereocenters. The van der Waals surface area contributed by atoms with E-state index < -0.39 is 0 Å². The van der Waals surface area contributed by atoms with Crippen LogP contribution in [0.2, 0.25) is 5.02 Å². The Hall–Kier alpha value is -2.30. The van der Waals surface area contributed by atoms with Gasteiger partial charge in [-0.3, -0.25) is 0 Å². The van der Waals surface area contributed by atoms with Gasteiger partial charge in [0.2, 0.25) is 0 Å². The molecule has 0 saturated heterocycles. The molecule has 116 valence electrons. The molecule has 1 aromatic heterocycles. The molecular formula is C18H15ClN2OS. The van der Waals surface area contributed by atoms with Crippen LogP contribution in [0.4, 0.5) is 10.5 Å². The van der Waals surface area contributed by atoms with Gasteiger partial charge >= 0.3 is 6.03 Å². The van der Waals surface area contributed by atoms with Gasteiger partial charge in [0.05, 0.1) is 6.04 Å². The summed E-state index contributed by atoms with van der Waals surface area (Å²) in [4.78, 5) is 13.4. The summed E-state index contributed by atoms with van der Waals surface area (Å²) in [6, 6.07) is 20.5. The Labute approximate surface area is 143 Å². The molecule has 0 aliphatic rings. The Morgan fingerprint density at radius 3 is 2.35 bits per heavy atom. The first-order chi connectivity index (χ1) is 11.2. The van der Waals surface area contributed by atoms with Gasteiger partial charge < -0.3 is 10.6 Å². The summed E-state index contributed by atoms with van der Waals surface area (Å²) in [5.74, 6) is 0. The predicted molar refractivity (Wildman–Crippen MR) is 96.2 cm³/mol. The Bertz CT molecular complexity index is 757. The zero-order valence-electron chi connectivity index (χ0n) is 12.2. The van der Waals surface area contributed by atoms with E-state index in [1.807, 2.05) is 47.8 Å². The number of carbonyl (C=O) groups is 1. The number of hydrogen-bond donors (Lipinski definition) is 2. The molecule has 0 aliphatic carbocycles. The topological polar surface area (TPSA) is 41.1 Å². The number of thiophene rings is 1. The van der Waals surface area contributed by atoms with E-state index in [0.717, 1.165) is 10.4 Å². The minimum absolute atomic E-state index is 0.177. The molecule has 0 unspecified atom stereocenters. The molecule has 0 fully saturated rings. The van der Waals surface area contributed by atoms with Crippen LogP contribution in [0.15, 0.2) is 72.1 Å². The first-order valence-corrected chi connectivity index (χ1v) is 8.39. The van der Waals surface area contributed by atoms with E-state index >= 15 is 0 Å². The fourth-order valence-corrected chi connectivity index (χ4v) is 3.18. The summed E-state index contributed by atoms with van der Waals surface area (Å²) >= 11 is 7.47. The molecular weight excluding hydrogens is 328 g/mol.